The van der Waals surface area contributed by atoms with Crippen LogP contribution >= 0.6 is 0 Å². The monoisotopic (exact) mass is 286 g/mol. The highest BCUT2D eigenvalue weighted by atomic mass is 16.4. The van der Waals surface area contributed by atoms with Gasteiger partial charge < -0.3 is 15.0 Å². The van der Waals surface area contributed by atoms with E-state index in [0.29, 0.717) is 18.4 Å². The molecule has 1 aromatic carbocycles. The number of carbonyl (C=O) groups excluding carboxylic acids is 1. The van der Waals surface area contributed by atoms with Crippen molar-refractivity contribution in [1.82, 2.24) is 9.88 Å². The summed E-state index contributed by atoms with van der Waals surface area (Å²) in [6, 6.07) is 7.79. The van der Waals surface area contributed by atoms with Crippen molar-refractivity contribution in [2.45, 2.75) is 32.4 Å². The summed E-state index contributed by atoms with van der Waals surface area (Å²) < 4.78 is 2.05. The Kier molecular flexibility index (Phi) is 3.41. The van der Waals surface area contributed by atoms with Crippen molar-refractivity contribution in [1.29, 1.82) is 0 Å². The smallest absolute Gasteiger partial charge is 0.306 e. The third kappa shape index (κ3) is 2.39. The molecule has 0 aliphatic heterocycles. The molecule has 2 N–H and O–H groups in total. The van der Waals surface area contributed by atoms with Crippen LogP contribution in [0.25, 0.3) is 10.9 Å². The van der Waals surface area contributed by atoms with Gasteiger partial charge in [0.2, 0.25) is 0 Å². The van der Waals surface area contributed by atoms with E-state index in [4.69, 9.17) is 5.11 Å². The Morgan fingerprint density at radius 2 is 2.05 bits per heavy atom. The van der Waals surface area contributed by atoms with E-state index in [-0.39, 0.29) is 17.9 Å². The molecule has 110 valence electrons. The average Bonchev–Trinajstić information content (AvgIpc) is 2.80. The first-order chi connectivity index (χ1) is 10.1. The number of amides is 1. The Hall–Kier alpha value is -2.30. The van der Waals surface area contributed by atoms with Crippen LogP contribution in [0.3, 0.4) is 0 Å². The minimum atomic E-state index is -0.775. The van der Waals surface area contributed by atoms with Crippen LogP contribution in [-0.2, 0) is 11.3 Å². The van der Waals surface area contributed by atoms with E-state index in [9.17, 15) is 9.59 Å². The molecule has 1 aliphatic carbocycles. The highest BCUT2D eigenvalue weighted by Crippen LogP contribution is 2.28. The first-order valence-electron chi connectivity index (χ1n) is 7.21. The molecule has 0 spiro atoms. The Balaban J connectivity index is 1.78. The van der Waals surface area contributed by atoms with Crippen molar-refractivity contribution in [2.24, 2.45) is 5.92 Å². The summed E-state index contributed by atoms with van der Waals surface area (Å²) in [5.74, 6) is -1.21. The van der Waals surface area contributed by atoms with E-state index >= 15 is 0 Å². The summed E-state index contributed by atoms with van der Waals surface area (Å²) in [6.45, 7) is 2.84. The maximum atomic E-state index is 12.4. The summed E-state index contributed by atoms with van der Waals surface area (Å²) in [6.07, 6.45) is 2.91. The van der Waals surface area contributed by atoms with Gasteiger partial charge in [-0.3, -0.25) is 9.59 Å². The molecule has 0 radical (unpaired) electrons. The fourth-order valence-corrected chi connectivity index (χ4v) is 2.89. The zero-order valence-corrected chi connectivity index (χ0v) is 11.9. The second kappa shape index (κ2) is 5.24. The van der Waals surface area contributed by atoms with E-state index in [0.717, 1.165) is 17.4 Å². The summed E-state index contributed by atoms with van der Waals surface area (Å²) >= 11 is 0. The molecular weight excluding hydrogens is 268 g/mol. The number of fused-ring (bicyclic) bond motifs is 1. The molecule has 1 saturated carbocycles. The van der Waals surface area contributed by atoms with Gasteiger partial charge in [0.25, 0.3) is 5.91 Å². The lowest BCUT2D eigenvalue weighted by Gasteiger charge is -2.32. The van der Waals surface area contributed by atoms with Crippen LogP contribution < -0.4 is 5.32 Å². The first-order valence-corrected chi connectivity index (χ1v) is 7.21. The number of aromatic nitrogens is 1. The minimum absolute atomic E-state index is 0.0256. The van der Waals surface area contributed by atoms with Gasteiger partial charge in [-0.1, -0.05) is 18.2 Å². The quantitative estimate of drug-likeness (QED) is 0.905. The van der Waals surface area contributed by atoms with Gasteiger partial charge >= 0.3 is 5.97 Å². The average molecular weight is 286 g/mol. The summed E-state index contributed by atoms with van der Waals surface area (Å²) in [5, 5.41) is 12.7. The zero-order chi connectivity index (χ0) is 15.0. The van der Waals surface area contributed by atoms with Crippen molar-refractivity contribution in [3.05, 3.63) is 36.0 Å². The third-order valence-electron chi connectivity index (χ3n) is 4.20. The highest BCUT2D eigenvalue weighted by Gasteiger charge is 2.35. The van der Waals surface area contributed by atoms with Crippen LogP contribution in [0.15, 0.2) is 30.5 Å². The number of para-hydroxylation sites is 1. The molecule has 1 amide bonds. The molecule has 0 saturated heterocycles. The van der Waals surface area contributed by atoms with E-state index in [1.54, 1.807) is 0 Å². The second-order valence-electron chi connectivity index (χ2n) is 5.52. The number of carboxylic acid groups (broad SMARTS) is 1. The van der Waals surface area contributed by atoms with Crippen molar-refractivity contribution in [3.63, 3.8) is 0 Å². The molecule has 5 nitrogen and oxygen atoms in total. The fourth-order valence-electron chi connectivity index (χ4n) is 2.89. The fraction of sp³-hybridized carbons (Fsp3) is 0.375. The lowest BCUT2D eigenvalue weighted by Crippen LogP contribution is -2.46. The topological polar surface area (TPSA) is 71.3 Å². The molecule has 1 aliphatic rings. The van der Waals surface area contributed by atoms with Gasteiger partial charge in [-0.05, 0) is 25.8 Å². The molecule has 1 aromatic heterocycles. The van der Waals surface area contributed by atoms with Gasteiger partial charge in [-0.2, -0.15) is 0 Å². The minimum Gasteiger partial charge on any atom is -0.481 e. The Morgan fingerprint density at radius 1 is 1.33 bits per heavy atom. The van der Waals surface area contributed by atoms with Crippen LogP contribution in [0.2, 0.25) is 0 Å². The van der Waals surface area contributed by atoms with Crippen LogP contribution in [0.5, 0.6) is 0 Å². The molecular formula is C16H18N2O3. The van der Waals surface area contributed by atoms with Crippen LogP contribution in [-0.4, -0.2) is 27.6 Å². The Morgan fingerprint density at radius 3 is 2.71 bits per heavy atom. The zero-order valence-electron chi connectivity index (χ0n) is 11.9. The number of rotatable bonds is 4. The van der Waals surface area contributed by atoms with E-state index in [1.165, 1.54) is 0 Å². The summed E-state index contributed by atoms with van der Waals surface area (Å²) in [5.41, 5.74) is 1.70. The van der Waals surface area contributed by atoms with Gasteiger partial charge in [0.15, 0.2) is 0 Å². The molecule has 0 atom stereocenters. The number of hydrogen-bond donors (Lipinski definition) is 2. The number of carboxylic acids is 1. The molecule has 0 bridgehead atoms. The van der Waals surface area contributed by atoms with E-state index in [1.807, 2.05) is 42.0 Å². The number of hydrogen-bond acceptors (Lipinski definition) is 2. The number of nitrogens with one attached hydrogen (secondary N) is 1. The lowest BCUT2D eigenvalue weighted by atomic mass is 9.80. The number of nitrogens with zero attached hydrogens (tertiary/aromatic N) is 1. The Bertz CT molecular complexity index is 699. The van der Waals surface area contributed by atoms with E-state index in [2.05, 4.69) is 5.32 Å². The summed E-state index contributed by atoms with van der Waals surface area (Å²) in [7, 11) is 0. The highest BCUT2D eigenvalue weighted by molar-refractivity contribution is 6.07. The molecule has 1 fully saturated rings. The van der Waals surface area contributed by atoms with Crippen molar-refractivity contribution in [2.75, 3.05) is 0 Å². The van der Waals surface area contributed by atoms with Crippen molar-refractivity contribution < 1.29 is 14.7 Å². The first kappa shape index (κ1) is 13.7. The molecule has 5 heteroatoms. The molecule has 2 aromatic rings. The van der Waals surface area contributed by atoms with Gasteiger partial charge in [-0.15, -0.1) is 0 Å². The van der Waals surface area contributed by atoms with Crippen LogP contribution in [0.1, 0.15) is 30.1 Å². The third-order valence-corrected chi connectivity index (χ3v) is 4.20. The maximum absolute atomic E-state index is 12.4. The standard InChI is InChI=1S/C16H18N2O3/c1-2-18-9-13(12-5-3-4-6-14(12)18)15(19)17-11-7-10(8-11)16(20)21/h3-6,9-11H,2,7-8H2,1H3,(H,17,19)(H,20,21). The molecule has 21 heavy (non-hydrogen) atoms. The number of carbonyl (C=O) groups is 2. The lowest BCUT2D eigenvalue weighted by molar-refractivity contribution is -0.145. The van der Waals surface area contributed by atoms with Gasteiger partial charge in [-0.25, -0.2) is 0 Å². The van der Waals surface area contributed by atoms with Crippen LogP contribution in [0.4, 0.5) is 0 Å². The maximum Gasteiger partial charge on any atom is 0.306 e. The largest absolute Gasteiger partial charge is 0.481 e. The van der Waals surface area contributed by atoms with Crippen molar-refractivity contribution in [3.8, 4) is 0 Å². The number of aryl methyl sites for hydroxylation is 1. The van der Waals surface area contributed by atoms with Crippen LogP contribution in [0, 0.1) is 5.92 Å². The molecule has 0 unspecified atom stereocenters. The predicted molar refractivity (Wildman–Crippen MR) is 79.2 cm³/mol. The molecule has 1 heterocycles. The van der Waals surface area contributed by atoms with Gasteiger partial charge in [0.1, 0.15) is 0 Å². The second-order valence-corrected chi connectivity index (χ2v) is 5.52. The van der Waals surface area contributed by atoms with E-state index < -0.39 is 5.97 Å². The van der Waals surface area contributed by atoms with Crippen molar-refractivity contribution >= 4 is 22.8 Å². The predicted octanol–water partition coefficient (Wildman–Crippen LogP) is 2.25. The molecule has 3 rings (SSSR count). The normalized spacial score (nSPS) is 21.0. The SMILES string of the molecule is CCn1cc(C(=O)NC2CC(C(=O)O)C2)c2ccccc21. The number of aliphatic carboxylic acids is 1. The summed E-state index contributed by atoms with van der Waals surface area (Å²) in [4.78, 5) is 23.2. The Labute approximate surface area is 122 Å². The number of benzene rings is 1. The van der Waals surface area contributed by atoms with Gasteiger partial charge in [0, 0.05) is 29.7 Å². The van der Waals surface area contributed by atoms with Gasteiger partial charge in [0.05, 0.1) is 11.5 Å².